The number of nitrogens with zero attached hydrogens (tertiary/aromatic N) is 1. The molecule has 1 fully saturated rings. The number of carboxylic acid groups (broad SMARTS) is 1. The van der Waals surface area contributed by atoms with Crippen LogP contribution in [0, 0.1) is 19.8 Å². The number of aliphatic carboxylic acids is 1. The predicted octanol–water partition coefficient (Wildman–Crippen LogP) is 3.38. The van der Waals surface area contributed by atoms with E-state index in [1.165, 1.54) is 16.8 Å². The first-order valence-corrected chi connectivity index (χ1v) is 7.10. The van der Waals surface area contributed by atoms with Gasteiger partial charge in [-0.1, -0.05) is 6.07 Å². The normalized spacial score (nSPS) is 19.5. The van der Waals surface area contributed by atoms with Crippen LogP contribution in [0.2, 0.25) is 0 Å². The van der Waals surface area contributed by atoms with Crippen molar-refractivity contribution in [3.8, 4) is 0 Å². The van der Waals surface area contributed by atoms with Gasteiger partial charge in [0.05, 0.1) is 0 Å². The molecule has 1 heterocycles. The van der Waals surface area contributed by atoms with Gasteiger partial charge < -0.3 is 10.0 Å². The lowest BCUT2D eigenvalue weighted by Crippen LogP contribution is -2.35. The Bertz CT molecular complexity index is 456. The van der Waals surface area contributed by atoms with Crippen molar-refractivity contribution in [2.24, 2.45) is 5.92 Å². The Morgan fingerprint density at radius 2 is 2.16 bits per heavy atom. The second kappa shape index (κ2) is 6.09. The Hall–Kier alpha value is -1.51. The lowest BCUT2D eigenvalue weighted by molar-refractivity contribution is -0.137. The highest BCUT2D eigenvalue weighted by atomic mass is 16.4. The van der Waals surface area contributed by atoms with Crippen LogP contribution < -0.4 is 4.90 Å². The maximum absolute atomic E-state index is 10.7. The fourth-order valence-corrected chi connectivity index (χ4v) is 2.79. The van der Waals surface area contributed by atoms with Crippen LogP contribution in [0.15, 0.2) is 18.2 Å². The number of rotatable bonds is 4. The molecule has 0 aromatic heterocycles. The first kappa shape index (κ1) is 13.9. The second-order valence-electron chi connectivity index (χ2n) is 5.66. The van der Waals surface area contributed by atoms with Crippen molar-refractivity contribution >= 4 is 11.7 Å². The van der Waals surface area contributed by atoms with Gasteiger partial charge in [0.15, 0.2) is 0 Å². The molecule has 0 saturated carbocycles. The summed E-state index contributed by atoms with van der Waals surface area (Å²) in [6, 6.07) is 6.60. The summed E-state index contributed by atoms with van der Waals surface area (Å²) in [6.45, 7) is 6.36. The van der Waals surface area contributed by atoms with Crippen LogP contribution >= 0.6 is 0 Å². The molecule has 0 bridgehead atoms. The number of hydrogen-bond donors (Lipinski definition) is 1. The van der Waals surface area contributed by atoms with Crippen LogP contribution in [0.4, 0.5) is 5.69 Å². The minimum absolute atomic E-state index is 0.297. The number of piperidine rings is 1. The van der Waals surface area contributed by atoms with Gasteiger partial charge in [-0.2, -0.15) is 0 Å². The number of carboxylic acids is 1. The molecular formula is C16H23NO2. The lowest BCUT2D eigenvalue weighted by atomic mass is 9.93. The van der Waals surface area contributed by atoms with Gasteiger partial charge >= 0.3 is 5.97 Å². The van der Waals surface area contributed by atoms with Crippen molar-refractivity contribution in [1.82, 2.24) is 0 Å². The van der Waals surface area contributed by atoms with Gasteiger partial charge in [0.1, 0.15) is 0 Å². The summed E-state index contributed by atoms with van der Waals surface area (Å²) >= 11 is 0. The molecule has 1 saturated heterocycles. The molecule has 1 aliphatic heterocycles. The highest BCUT2D eigenvalue weighted by Crippen LogP contribution is 2.27. The molecule has 2 rings (SSSR count). The van der Waals surface area contributed by atoms with E-state index in [-0.39, 0.29) is 0 Å². The predicted molar refractivity (Wildman–Crippen MR) is 77.7 cm³/mol. The first-order chi connectivity index (χ1) is 9.06. The van der Waals surface area contributed by atoms with E-state index >= 15 is 0 Å². The van der Waals surface area contributed by atoms with Crippen molar-refractivity contribution in [1.29, 1.82) is 0 Å². The zero-order valence-corrected chi connectivity index (χ0v) is 11.9. The molecule has 1 atom stereocenters. The van der Waals surface area contributed by atoms with Gasteiger partial charge in [0.25, 0.3) is 0 Å². The van der Waals surface area contributed by atoms with Gasteiger partial charge in [-0.05, 0) is 62.3 Å². The van der Waals surface area contributed by atoms with Crippen LogP contribution in [0.25, 0.3) is 0 Å². The maximum Gasteiger partial charge on any atom is 0.303 e. The van der Waals surface area contributed by atoms with E-state index in [4.69, 9.17) is 5.11 Å². The average molecular weight is 261 g/mol. The number of aryl methyl sites for hydroxylation is 2. The molecule has 1 unspecified atom stereocenters. The minimum atomic E-state index is -0.677. The van der Waals surface area contributed by atoms with Gasteiger partial charge in [0, 0.05) is 25.2 Å². The summed E-state index contributed by atoms with van der Waals surface area (Å²) in [4.78, 5) is 13.1. The summed E-state index contributed by atoms with van der Waals surface area (Å²) in [7, 11) is 0. The van der Waals surface area contributed by atoms with Gasteiger partial charge in [0.2, 0.25) is 0 Å². The molecule has 19 heavy (non-hydrogen) atoms. The summed E-state index contributed by atoms with van der Waals surface area (Å²) in [6.07, 6.45) is 3.42. The topological polar surface area (TPSA) is 40.5 Å². The van der Waals surface area contributed by atoms with Crippen molar-refractivity contribution < 1.29 is 9.90 Å². The quantitative estimate of drug-likeness (QED) is 0.903. The smallest absolute Gasteiger partial charge is 0.303 e. The Kier molecular flexibility index (Phi) is 4.46. The number of benzene rings is 1. The zero-order chi connectivity index (χ0) is 13.8. The first-order valence-electron chi connectivity index (χ1n) is 7.10. The average Bonchev–Trinajstić information content (AvgIpc) is 2.40. The largest absolute Gasteiger partial charge is 0.481 e. The molecule has 1 aromatic rings. The SMILES string of the molecule is Cc1ccc(N2CCCC(CCC(=O)O)C2)cc1C. The molecule has 3 heteroatoms. The van der Waals surface area contributed by atoms with E-state index in [9.17, 15) is 4.79 Å². The van der Waals surface area contributed by atoms with Crippen molar-refractivity contribution in [3.05, 3.63) is 29.3 Å². The second-order valence-corrected chi connectivity index (χ2v) is 5.66. The number of hydrogen-bond acceptors (Lipinski definition) is 2. The third kappa shape index (κ3) is 3.72. The summed E-state index contributed by atoms with van der Waals surface area (Å²) in [5.74, 6) is -0.158. The van der Waals surface area contributed by atoms with E-state index in [0.717, 1.165) is 32.4 Å². The highest BCUT2D eigenvalue weighted by molar-refractivity contribution is 5.66. The van der Waals surface area contributed by atoms with Crippen molar-refractivity contribution in [3.63, 3.8) is 0 Å². The number of carbonyl (C=O) groups is 1. The summed E-state index contributed by atoms with van der Waals surface area (Å²) in [5, 5.41) is 8.78. The zero-order valence-electron chi connectivity index (χ0n) is 11.9. The maximum atomic E-state index is 10.7. The molecular weight excluding hydrogens is 238 g/mol. The molecule has 1 aromatic carbocycles. The van der Waals surface area contributed by atoms with Crippen LogP contribution in [0.5, 0.6) is 0 Å². The fourth-order valence-electron chi connectivity index (χ4n) is 2.79. The Morgan fingerprint density at radius 3 is 2.84 bits per heavy atom. The van der Waals surface area contributed by atoms with Crippen LogP contribution in [0.1, 0.15) is 36.8 Å². The Labute approximate surface area is 115 Å². The molecule has 1 N–H and O–H groups in total. The fraction of sp³-hybridized carbons (Fsp3) is 0.562. The van der Waals surface area contributed by atoms with Gasteiger partial charge in [-0.15, -0.1) is 0 Å². The van der Waals surface area contributed by atoms with E-state index in [2.05, 4.69) is 36.9 Å². The van der Waals surface area contributed by atoms with E-state index in [1.807, 2.05) is 0 Å². The molecule has 0 aliphatic carbocycles. The molecule has 1 aliphatic rings. The standard InChI is InChI=1S/C16H23NO2/c1-12-5-7-15(10-13(12)2)17-9-3-4-14(11-17)6-8-16(18)19/h5,7,10,14H,3-4,6,8-9,11H2,1-2H3,(H,18,19). The van der Waals surface area contributed by atoms with Crippen LogP contribution in [-0.2, 0) is 4.79 Å². The molecule has 104 valence electrons. The van der Waals surface area contributed by atoms with Crippen LogP contribution in [0.3, 0.4) is 0 Å². The van der Waals surface area contributed by atoms with Gasteiger partial charge in [-0.25, -0.2) is 0 Å². The molecule has 0 spiro atoms. The van der Waals surface area contributed by atoms with E-state index in [1.54, 1.807) is 0 Å². The van der Waals surface area contributed by atoms with Crippen molar-refractivity contribution in [2.75, 3.05) is 18.0 Å². The van der Waals surface area contributed by atoms with E-state index < -0.39 is 5.97 Å². The van der Waals surface area contributed by atoms with Crippen molar-refractivity contribution in [2.45, 2.75) is 39.5 Å². The van der Waals surface area contributed by atoms with E-state index in [0.29, 0.717) is 12.3 Å². The molecule has 0 radical (unpaired) electrons. The summed E-state index contributed by atoms with van der Waals surface area (Å²) in [5.41, 5.74) is 3.93. The lowest BCUT2D eigenvalue weighted by Gasteiger charge is -2.34. The molecule has 0 amide bonds. The molecule has 3 nitrogen and oxygen atoms in total. The highest BCUT2D eigenvalue weighted by Gasteiger charge is 2.20. The third-order valence-electron chi connectivity index (χ3n) is 4.14. The Morgan fingerprint density at radius 1 is 1.37 bits per heavy atom. The summed E-state index contributed by atoms with van der Waals surface area (Å²) < 4.78 is 0. The monoisotopic (exact) mass is 261 g/mol. The van der Waals surface area contributed by atoms with Crippen LogP contribution in [-0.4, -0.2) is 24.2 Å². The number of anilines is 1. The van der Waals surface area contributed by atoms with Gasteiger partial charge in [-0.3, -0.25) is 4.79 Å². The Balaban J connectivity index is 2.00. The minimum Gasteiger partial charge on any atom is -0.481 e. The third-order valence-corrected chi connectivity index (χ3v) is 4.14.